The Hall–Kier alpha value is -3.53. The van der Waals surface area contributed by atoms with Gasteiger partial charge in [-0.15, -0.1) is 10.5 Å². The van der Waals surface area contributed by atoms with E-state index in [0.29, 0.717) is 27.4 Å². The standard InChI is InChI=1S/C20H13N2O3P/c21-14-24-16-6-10-19(11-7-16)26(23,18-4-2-1-3-5-18)20-12-8-17(9-13-20)25-15-22/h1-13H. The first-order chi connectivity index (χ1) is 12.7. The molecule has 3 rings (SSSR count). The summed E-state index contributed by atoms with van der Waals surface area (Å²) in [4.78, 5) is 0. The highest BCUT2D eigenvalue weighted by atomic mass is 31.2. The van der Waals surface area contributed by atoms with Crippen LogP contribution in [0.2, 0.25) is 0 Å². The van der Waals surface area contributed by atoms with Crippen molar-refractivity contribution in [3.63, 3.8) is 0 Å². The number of nitriles is 2. The van der Waals surface area contributed by atoms with Crippen molar-refractivity contribution in [2.75, 3.05) is 0 Å². The van der Waals surface area contributed by atoms with Crippen LogP contribution in [0.4, 0.5) is 0 Å². The van der Waals surface area contributed by atoms with Crippen LogP contribution < -0.4 is 25.4 Å². The highest BCUT2D eigenvalue weighted by molar-refractivity contribution is 7.85. The summed E-state index contributed by atoms with van der Waals surface area (Å²) in [5.41, 5.74) is 0. The number of hydrogen-bond donors (Lipinski definition) is 0. The first kappa shape index (κ1) is 17.3. The van der Waals surface area contributed by atoms with Crippen LogP contribution in [0.1, 0.15) is 0 Å². The lowest BCUT2D eigenvalue weighted by molar-refractivity contribution is 0.507. The van der Waals surface area contributed by atoms with E-state index in [1.165, 1.54) is 0 Å². The van der Waals surface area contributed by atoms with Gasteiger partial charge in [-0.05, 0) is 48.5 Å². The number of rotatable bonds is 5. The van der Waals surface area contributed by atoms with Gasteiger partial charge >= 0.3 is 0 Å². The highest BCUT2D eigenvalue weighted by Gasteiger charge is 2.29. The highest BCUT2D eigenvalue weighted by Crippen LogP contribution is 2.42. The van der Waals surface area contributed by atoms with E-state index in [0.717, 1.165) is 0 Å². The topological polar surface area (TPSA) is 83.1 Å². The molecule has 0 aromatic heterocycles. The maximum atomic E-state index is 14.1. The van der Waals surface area contributed by atoms with Gasteiger partial charge in [0.25, 0.3) is 12.5 Å². The van der Waals surface area contributed by atoms with Gasteiger partial charge in [-0.25, -0.2) is 0 Å². The third kappa shape index (κ3) is 3.30. The molecule has 0 bridgehead atoms. The summed E-state index contributed by atoms with van der Waals surface area (Å²) in [6.07, 6.45) is 3.23. The smallest absolute Gasteiger partial charge is 0.292 e. The van der Waals surface area contributed by atoms with Gasteiger partial charge in [0.05, 0.1) is 0 Å². The van der Waals surface area contributed by atoms with Crippen LogP contribution in [-0.4, -0.2) is 0 Å². The van der Waals surface area contributed by atoms with Crippen LogP contribution in [-0.2, 0) is 4.57 Å². The van der Waals surface area contributed by atoms with Gasteiger partial charge in [-0.3, -0.25) is 0 Å². The van der Waals surface area contributed by atoms with Gasteiger partial charge in [-0.2, -0.15) is 0 Å². The molecule has 26 heavy (non-hydrogen) atoms. The first-order valence-corrected chi connectivity index (χ1v) is 9.38. The van der Waals surface area contributed by atoms with Gasteiger partial charge in [0, 0.05) is 15.9 Å². The molecule has 0 atom stereocenters. The second kappa shape index (κ2) is 7.57. The van der Waals surface area contributed by atoms with Gasteiger partial charge in [0.15, 0.2) is 7.14 Å². The molecular formula is C20H13N2O3P. The average Bonchev–Trinajstić information content (AvgIpc) is 2.70. The van der Waals surface area contributed by atoms with Crippen molar-refractivity contribution in [3.8, 4) is 24.0 Å². The second-order valence-electron chi connectivity index (χ2n) is 5.32. The number of ether oxygens (including phenoxy) is 2. The molecule has 126 valence electrons. The zero-order valence-electron chi connectivity index (χ0n) is 13.6. The lowest BCUT2D eigenvalue weighted by atomic mass is 10.3. The van der Waals surface area contributed by atoms with E-state index in [1.807, 2.05) is 30.3 Å². The summed E-state index contributed by atoms with van der Waals surface area (Å²) in [7, 11) is -3.13. The third-order valence-electron chi connectivity index (χ3n) is 3.85. The van der Waals surface area contributed by atoms with E-state index in [4.69, 9.17) is 20.0 Å². The predicted octanol–water partition coefficient (Wildman–Crippen LogP) is 3.05. The van der Waals surface area contributed by atoms with Crippen molar-refractivity contribution >= 4 is 23.1 Å². The molecule has 0 saturated carbocycles. The Balaban J connectivity index is 2.13. The van der Waals surface area contributed by atoms with Gasteiger partial charge < -0.3 is 14.0 Å². The molecule has 0 aliphatic carbocycles. The molecule has 0 unspecified atom stereocenters. The maximum Gasteiger partial charge on any atom is 0.292 e. The molecule has 0 aliphatic rings. The summed E-state index contributed by atoms with van der Waals surface area (Å²) >= 11 is 0. The summed E-state index contributed by atoms with van der Waals surface area (Å²) in [6, 6.07) is 22.4. The first-order valence-electron chi connectivity index (χ1n) is 7.67. The van der Waals surface area contributed by atoms with E-state index in [9.17, 15) is 4.57 Å². The fourth-order valence-electron chi connectivity index (χ4n) is 2.64. The molecular weight excluding hydrogens is 347 g/mol. The van der Waals surface area contributed by atoms with E-state index < -0.39 is 7.14 Å². The SMILES string of the molecule is N#COc1ccc(P(=O)(c2ccccc2)c2ccc(OC#N)cc2)cc1. The molecule has 6 heteroatoms. The van der Waals surface area contributed by atoms with Crippen LogP contribution in [0.25, 0.3) is 0 Å². The van der Waals surface area contributed by atoms with Crippen molar-refractivity contribution in [1.82, 2.24) is 0 Å². The Morgan fingerprint density at radius 2 is 1.00 bits per heavy atom. The van der Waals surface area contributed by atoms with E-state index in [-0.39, 0.29) is 0 Å². The minimum absolute atomic E-state index is 0.383. The van der Waals surface area contributed by atoms with Crippen molar-refractivity contribution in [2.24, 2.45) is 0 Å². The largest absolute Gasteiger partial charge is 0.388 e. The molecule has 0 spiro atoms. The minimum Gasteiger partial charge on any atom is -0.388 e. The molecule has 0 amide bonds. The molecule has 3 aromatic rings. The molecule has 5 nitrogen and oxygen atoms in total. The summed E-state index contributed by atoms with van der Waals surface area (Å²) in [5.74, 6) is 0.766. The fraction of sp³-hybridized carbons (Fsp3) is 0. The lowest BCUT2D eigenvalue weighted by Crippen LogP contribution is -2.24. The van der Waals surface area contributed by atoms with Crippen molar-refractivity contribution in [3.05, 3.63) is 78.9 Å². The van der Waals surface area contributed by atoms with Crippen molar-refractivity contribution in [1.29, 1.82) is 10.5 Å². The van der Waals surface area contributed by atoms with E-state index in [1.54, 1.807) is 61.0 Å². The zero-order valence-corrected chi connectivity index (χ0v) is 14.5. The minimum atomic E-state index is -3.13. The van der Waals surface area contributed by atoms with E-state index >= 15 is 0 Å². The quantitative estimate of drug-likeness (QED) is 0.516. The van der Waals surface area contributed by atoms with Gasteiger partial charge in [0.2, 0.25) is 0 Å². The van der Waals surface area contributed by atoms with Gasteiger partial charge in [-0.1, -0.05) is 30.3 Å². The number of hydrogen-bond acceptors (Lipinski definition) is 5. The number of nitrogens with zero attached hydrogens (tertiary/aromatic N) is 2. The molecule has 0 fully saturated rings. The van der Waals surface area contributed by atoms with Crippen LogP contribution in [0.3, 0.4) is 0 Å². The molecule has 0 aliphatic heterocycles. The van der Waals surface area contributed by atoms with Crippen LogP contribution in [0.5, 0.6) is 11.5 Å². The monoisotopic (exact) mass is 360 g/mol. The van der Waals surface area contributed by atoms with Crippen LogP contribution >= 0.6 is 7.14 Å². The summed E-state index contributed by atoms with van der Waals surface area (Å²) < 4.78 is 23.7. The zero-order chi connectivity index (χ0) is 18.4. The molecule has 3 aromatic carbocycles. The summed E-state index contributed by atoms with van der Waals surface area (Å²) in [6.45, 7) is 0. The average molecular weight is 360 g/mol. The molecule has 0 radical (unpaired) electrons. The third-order valence-corrected chi connectivity index (χ3v) is 6.92. The number of benzene rings is 3. The van der Waals surface area contributed by atoms with Crippen molar-refractivity contribution < 1.29 is 14.0 Å². The van der Waals surface area contributed by atoms with Gasteiger partial charge in [0.1, 0.15) is 11.5 Å². The Morgan fingerprint density at radius 3 is 1.38 bits per heavy atom. The maximum absolute atomic E-state index is 14.1. The molecule has 0 heterocycles. The van der Waals surface area contributed by atoms with Crippen LogP contribution in [0.15, 0.2) is 78.9 Å². The Labute approximate surface area is 151 Å². The Kier molecular flexibility index (Phi) is 5.04. The second-order valence-corrected chi connectivity index (χ2v) is 8.09. The summed E-state index contributed by atoms with van der Waals surface area (Å²) in [5, 5.41) is 19.1. The Bertz CT molecular complexity index is 954. The fourth-order valence-corrected chi connectivity index (χ4v) is 5.26. The van der Waals surface area contributed by atoms with Crippen molar-refractivity contribution in [2.45, 2.75) is 0 Å². The Morgan fingerprint density at radius 1 is 0.615 bits per heavy atom. The molecule has 0 N–H and O–H groups in total. The molecule has 0 saturated heterocycles. The van der Waals surface area contributed by atoms with Crippen LogP contribution in [0, 0.1) is 23.0 Å². The predicted molar refractivity (Wildman–Crippen MR) is 98.3 cm³/mol. The lowest BCUT2D eigenvalue weighted by Gasteiger charge is -2.20. The normalized spacial score (nSPS) is 10.4. The van der Waals surface area contributed by atoms with E-state index in [2.05, 4.69) is 0 Å².